The SMILES string of the molecule is Cc1cc(-c2nc(C#N)nc3c2ccn3CC2CCOC2)ccc1OCCC1CCCCC1. The fraction of sp³-hybridized carbons (Fsp3) is 0.519. The summed E-state index contributed by atoms with van der Waals surface area (Å²) in [5.74, 6) is 2.43. The third kappa shape index (κ3) is 4.89. The first kappa shape index (κ1) is 21.9. The molecular weight excluding hydrogens is 412 g/mol. The van der Waals surface area contributed by atoms with Gasteiger partial charge in [0.25, 0.3) is 0 Å². The van der Waals surface area contributed by atoms with Gasteiger partial charge in [0, 0.05) is 36.2 Å². The van der Waals surface area contributed by atoms with Crippen LogP contribution >= 0.6 is 0 Å². The Hall–Kier alpha value is -2.91. The first-order chi connectivity index (χ1) is 16.2. The molecule has 6 heteroatoms. The molecule has 3 aromatic rings. The summed E-state index contributed by atoms with van der Waals surface area (Å²) in [5, 5.41) is 10.5. The van der Waals surface area contributed by atoms with E-state index >= 15 is 0 Å². The Labute approximate surface area is 195 Å². The van der Waals surface area contributed by atoms with E-state index in [0.29, 0.717) is 5.92 Å². The van der Waals surface area contributed by atoms with Crippen molar-refractivity contribution in [1.29, 1.82) is 5.26 Å². The Kier molecular flexibility index (Phi) is 6.59. The number of rotatable bonds is 7. The molecule has 2 aliphatic rings. The molecule has 3 heterocycles. The Morgan fingerprint density at radius 1 is 1.12 bits per heavy atom. The summed E-state index contributed by atoms with van der Waals surface area (Å²) in [5.41, 5.74) is 3.69. The van der Waals surface area contributed by atoms with Gasteiger partial charge < -0.3 is 14.0 Å². The van der Waals surface area contributed by atoms with E-state index in [1.807, 2.05) is 12.1 Å². The number of ether oxygens (including phenoxy) is 2. The van der Waals surface area contributed by atoms with E-state index in [4.69, 9.17) is 9.47 Å². The van der Waals surface area contributed by atoms with E-state index in [1.54, 1.807) is 0 Å². The Morgan fingerprint density at radius 3 is 2.76 bits per heavy atom. The lowest BCUT2D eigenvalue weighted by Gasteiger charge is -2.21. The molecule has 172 valence electrons. The largest absolute Gasteiger partial charge is 0.493 e. The molecule has 0 spiro atoms. The summed E-state index contributed by atoms with van der Waals surface area (Å²) in [7, 11) is 0. The van der Waals surface area contributed by atoms with Crippen LogP contribution in [0.4, 0.5) is 0 Å². The number of benzene rings is 1. The van der Waals surface area contributed by atoms with Gasteiger partial charge in [0.2, 0.25) is 5.82 Å². The van der Waals surface area contributed by atoms with Crippen LogP contribution in [-0.4, -0.2) is 34.4 Å². The molecule has 2 aromatic heterocycles. The van der Waals surface area contributed by atoms with Crippen molar-refractivity contribution in [2.24, 2.45) is 11.8 Å². The highest BCUT2D eigenvalue weighted by molar-refractivity contribution is 5.91. The van der Waals surface area contributed by atoms with Gasteiger partial charge in [0.05, 0.1) is 18.9 Å². The van der Waals surface area contributed by atoms with Gasteiger partial charge in [-0.15, -0.1) is 0 Å². The van der Waals surface area contributed by atoms with Crippen molar-refractivity contribution in [2.45, 2.75) is 58.4 Å². The minimum Gasteiger partial charge on any atom is -0.493 e. The zero-order valence-corrected chi connectivity index (χ0v) is 19.4. The smallest absolute Gasteiger partial charge is 0.234 e. The summed E-state index contributed by atoms with van der Waals surface area (Å²) >= 11 is 0. The maximum absolute atomic E-state index is 9.56. The second-order valence-corrected chi connectivity index (χ2v) is 9.56. The van der Waals surface area contributed by atoms with E-state index in [9.17, 15) is 5.26 Å². The van der Waals surface area contributed by atoms with E-state index in [-0.39, 0.29) is 5.82 Å². The molecule has 1 aliphatic heterocycles. The number of aromatic nitrogens is 3. The topological polar surface area (TPSA) is 73.0 Å². The third-order valence-corrected chi connectivity index (χ3v) is 7.15. The van der Waals surface area contributed by atoms with Crippen molar-refractivity contribution >= 4 is 11.0 Å². The van der Waals surface area contributed by atoms with Gasteiger partial charge in [0.15, 0.2) is 0 Å². The van der Waals surface area contributed by atoms with Crippen LogP contribution in [0.15, 0.2) is 30.5 Å². The van der Waals surface area contributed by atoms with Crippen molar-refractivity contribution in [3.8, 4) is 23.1 Å². The number of hydrogen-bond donors (Lipinski definition) is 0. The van der Waals surface area contributed by atoms with Gasteiger partial charge in [-0.1, -0.05) is 32.1 Å². The van der Waals surface area contributed by atoms with Crippen LogP contribution in [0, 0.1) is 30.1 Å². The molecular formula is C27H32N4O2. The molecule has 1 aromatic carbocycles. The van der Waals surface area contributed by atoms with E-state index in [2.05, 4.69) is 45.9 Å². The highest BCUT2D eigenvalue weighted by atomic mass is 16.5. The lowest BCUT2D eigenvalue weighted by molar-refractivity contribution is 0.182. The monoisotopic (exact) mass is 444 g/mol. The minimum atomic E-state index is 0.200. The Balaban J connectivity index is 1.37. The molecule has 0 N–H and O–H groups in total. The molecule has 33 heavy (non-hydrogen) atoms. The second kappa shape index (κ2) is 9.93. The number of fused-ring (bicyclic) bond motifs is 1. The quantitative estimate of drug-likeness (QED) is 0.470. The van der Waals surface area contributed by atoms with Crippen molar-refractivity contribution in [2.75, 3.05) is 19.8 Å². The van der Waals surface area contributed by atoms with Crippen LogP contribution in [0.5, 0.6) is 5.75 Å². The summed E-state index contributed by atoms with van der Waals surface area (Å²) in [6.07, 6.45) is 11.1. The molecule has 0 bridgehead atoms. The van der Waals surface area contributed by atoms with Gasteiger partial charge in [-0.25, -0.2) is 9.97 Å². The van der Waals surface area contributed by atoms with E-state index in [1.165, 1.54) is 32.1 Å². The number of nitriles is 1. The van der Waals surface area contributed by atoms with Gasteiger partial charge in [-0.3, -0.25) is 0 Å². The molecule has 1 atom stereocenters. The lowest BCUT2D eigenvalue weighted by atomic mass is 9.87. The average molecular weight is 445 g/mol. The summed E-state index contributed by atoms with van der Waals surface area (Å²) < 4.78 is 13.8. The van der Waals surface area contributed by atoms with Crippen LogP contribution in [0.3, 0.4) is 0 Å². The molecule has 1 saturated heterocycles. The average Bonchev–Trinajstić information content (AvgIpc) is 3.51. The molecule has 0 radical (unpaired) electrons. The molecule has 6 nitrogen and oxygen atoms in total. The van der Waals surface area contributed by atoms with Gasteiger partial charge in [-0.2, -0.15) is 5.26 Å². The first-order valence-electron chi connectivity index (χ1n) is 12.3. The van der Waals surface area contributed by atoms with E-state index in [0.717, 1.165) is 78.7 Å². The van der Waals surface area contributed by atoms with Crippen LogP contribution in [0.1, 0.15) is 56.3 Å². The number of aryl methyl sites for hydroxylation is 1. The summed E-state index contributed by atoms with van der Waals surface area (Å²) in [6, 6.07) is 10.4. The Bertz CT molecular complexity index is 1150. The summed E-state index contributed by atoms with van der Waals surface area (Å²) in [4.78, 5) is 9.11. The zero-order chi connectivity index (χ0) is 22.6. The van der Waals surface area contributed by atoms with Crippen LogP contribution in [0.25, 0.3) is 22.3 Å². The molecule has 1 saturated carbocycles. The van der Waals surface area contributed by atoms with Gasteiger partial charge in [0.1, 0.15) is 17.5 Å². The van der Waals surface area contributed by atoms with Crippen molar-refractivity contribution < 1.29 is 9.47 Å². The third-order valence-electron chi connectivity index (χ3n) is 7.15. The van der Waals surface area contributed by atoms with E-state index < -0.39 is 0 Å². The molecule has 5 rings (SSSR count). The van der Waals surface area contributed by atoms with Crippen LogP contribution in [0.2, 0.25) is 0 Å². The zero-order valence-electron chi connectivity index (χ0n) is 19.4. The van der Waals surface area contributed by atoms with Gasteiger partial charge in [-0.05, 0) is 55.5 Å². The minimum absolute atomic E-state index is 0.200. The Morgan fingerprint density at radius 2 is 2.00 bits per heavy atom. The predicted molar refractivity (Wildman–Crippen MR) is 128 cm³/mol. The fourth-order valence-corrected chi connectivity index (χ4v) is 5.26. The maximum Gasteiger partial charge on any atom is 0.234 e. The standard InChI is InChI=1S/C27H32N4O2/c1-19-15-22(7-8-24(19)33-14-11-20-5-3-2-4-6-20)26-23-9-12-31(17-21-10-13-32-18-21)27(23)30-25(16-28)29-26/h7-9,12,15,20-21H,2-6,10-11,13-14,17-18H2,1H3. The van der Waals surface area contributed by atoms with Crippen LogP contribution < -0.4 is 4.74 Å². The number of hydrogen-bond acceptors (Lipinski definition) is 5. The highest BCUT2D eigenvalue weighted by Gasteiger charge is 2.20. The van der Waals surface area contributed by atoms with Crippen LogP contribution in [-0.2, 0) is 11.3 Å². The van der Waals surface area contributed by atoms with Crippen molar-refractivity contribution in [3.05, 3.63) is 41.9 Å². The molecule has 1 aliphatic carbocycles. The number of nitrogens with zero attached hydrogens (tertiary/aromatic N) is 4. The first-order valence-corrected chi connectivity index (χ1v) is 12.3. The fourth-order valence-electron chi connectivity index (χ4n) is 5.26. The molecule has 2 fully saturated rings. The van der Waals surface area contributed by atoms with Gasteiger partial charge >= 0.3 is 0 Å². The predicted octanol–water partition coefficient (Wildman–Crippen LogP) is 5.66. The lowest BCUT2D eigenvalue weighted by Crippen LogP contribution is -2.11. The summed E-state index contributed by atoms with van der Waals surface area (Å²) in [6.45, 7) is 5.30. The molecule has 0 amide bonds. The molecule has 1 unspecified atom stereocenters. The van der Waals surface area contributed by atoms with Crippen molar-refractivity contribution in [3.63, 3.8) is 0 Å². The normalized spacial score (nSPS) is 19.1. The second-order valence-electron chi connectivity index (χ2n) is 9.56. The van der Waals surface area contributed by atoms with Crippen molar-refractivity contribution in [1.82, 2.24) is 14.5 Å². The highest BCUT2D eigenvalue weighted by Crippen LogP contribution is 2.32. The maximum atomic E-state index is 9.56.